The van der Waals surface area contributed by atoms with Gasteiger partial charge < -0.3 is 4.84 Å². The van der Waals surface area contributed by atoms with Gasteiger partial charge in [-0.3, -0.25) is 5.21 Å². The van der Waals surface area contributed by atoms with Crippen LogP contribution in [0.4, 0.5) is 0 Å². The van der Waals surface area contributed by atoms with Crippen LogP contribution in [-0.4, -0.2) is 16.2 Å². The third-order valence-electron chi connectivity index (χ3n) is 3.80. The Labute approximate surface area is 85.3 Å². The first-order valence-electron chi connectivity index (χ1n) is 5.52. The normalized spacial score (nSPS) is 36.2. The van der Waals surface area contributed by atoms with Gasteiger partial charge >= 0.3 is 0 Å². The maximum Gasteiger partial charge on any atom is 0.222 e. The van der Waals surface area contributed by atoms with E-state index in [1.165, 1.54) is 19.3 Å². The van der Waals surface area contributed by atoms with Crippen LogP contribution in [0, 0.1) is 17.0 Å². The van der Waals surface area contributed by atoms with Crippen molar-refractivity contribution in [1.82, 2.24) is 0 Å². The average Bonchev–Trinajstić information content (AvgIpc) is 2.14. The maximum absolute atomic E-state index is 11.5. The molecule has 2 atom stereocenters. The molecule has 0 radical (unpaired) electrons. The minimum Gasteiger partial charge on any atom is -0.397 e. The van der Waals surface area contributed by atoms with E-state index in [9.17, 15) is 5.21 Å². The van der Waals surface area contributed by atoms with Gasteiger partial charge in [-0.2, -0.15) is 0 Å². The second-order valence-corrected chi connectivity index (χ2v) is 5.09. The van der Waals surface area contributed by atoms with E-state index < -0.39 is 0 Å². The van der Waals surface area contributed by atoms with Gasteiger partial charge in [0.2, 0.25) is 5.71 Å². The van der Waals surface area contributed by atoms with Crippen LogP contribution in [0.25, 0.3) is 0 Å². The quantitative estimate of drug-likeness (QED) is 0.559. The van der Waals surface area contributed by atoms with Crippen LogP contribution in [0.1, 0.15) is 46.5 Å². The number of nitrogens with zero attached hydrogens (tertiary/aromatic N) is 1. The molecule has 1 saturated carbocycles. The Hall–Kier alpha value is -0.730. The van der Waals surface area contributed by atoms with E-state index in [2.05, 4.69) is 0 Å². The van der Waals surface area contributed by atoms with Crippen molar-refractivity contribution < 1.29 is 9.74 Å². The molecule has 1 aliphatic heterocycles. The molecule has 0 unspecified atom stereocenters. The topological polar surface area (TPSA) is 35.3 Å². The highest BCUT2D eigenvalue weighted by Gasteiger charge is 2.45. The predicted molar refractivity (Wildman–Crippen MR) is 54.9 cm³/mol. The molecule has 2 aliphatic rings. The summed E-state index contributed by atoms with van der Waals surface area (Å²) in [5.74, 6) is 0.978. The standard InChI is InChI=1S/C11H19NO2/c1-8-9-6-4-5-7-10(9)11(2,3)14-12(8)13/h9-10H,4-7H2,1-3H3/t9-,10+/m1/s1. The fourth-order valence-electron chi connectivity index (χ4n) is 2.95. The van der Waals surface area contributed by atoms with Gasteiger partial charge in [0.1, 0.15) is 0 Å². The van der Waals surface area contributed by atoms with Gasteiger partial charge in [0.25, 0.3) is 0 Å². The Morgan fingerprint density at radius 2 is 2.00 bits per heavy atom. The van der Waals surface area contributed by atoms with E-state index in [-0.39, 0.29) is 5.60 Å². The molecule has 0 saturated heterocycles. The molecule has 0 aromatic heterocycles. The van der Waals surface area contributed by atoms with Crippen LogP contribution in [-0.2, 0) is 4.84 Å². The van der Waals surface area contributed by atoms with E-state index in [1.54, 1.807) is 0 Å². The van der Waals surface area contributed by atoms with Crippen LogP contribution >= 0.6 is 0 Å². The lowest BCUT2D eigenvalue weighted by Crippen LogP contribution is -2.50. The zero-order valence-corrected chi connectivity index (χ0v) is 9.25. The minimum atomic E-state index is -0.285. The molecule has 0 aromatic rings. The highest BCUT2D eigenvalue weighted by Crippen LogP contribution is 2.42. The molecule has 80 valence electrons. The third-order valence-corrected chi connectivity index (χ3v) is 3.80. The molecule has 2 rings (SSSR count). The molecule has 0 spiro atoms. The first-order chi connectivity index (χ1) is 6.52. The molecule has 1 fully saturated rings. The number of hydrogen-bond acceptors (Lipinski definition) is 2. The molecule has 1 heterocycles. The van der Waals surface area contributed by atoms with Crippen molar-refractivity contribution >= 4 is 5.71 Å². The Morgan fingerprint density at radius 1 is 1.36 bits per heavy atom. The van der Waals surface area contributed by atoms with E-state index in [4.69, 9.17) is 4.84 Å². The molecule has 0 N–H and O–H groups in total. The molecule has 0 amide bonds. The van der Waals surface area contributed by atoms with Gasteiger partial charge in [0.15, 0.2) is 0 Å². The van der Waals surface area contributed by atoms with Crippen molar-refractivity contribution in [3.05, 3.63) is 5.21 Å². The smallest absolute Gasteiger partial charge is 0.222 e. The fraction of sp³-hybridized carbons (Fsp3) is 0.909. The van der Waals surface area contributed by atoms with E-state index in [0.29, 0.717) is 11.8 Å². The Morgan fingerprint density at radius 3 is 2.71 bits per heavy atom. The van der Waals surface area contributed by atoms with Crippen molar-refractivity contribution in [2.24, 2.45) is 11.8 Å². The lowest BCUT2D eigenvalue weighted by atomic mass is 9.69. The largest absolute Gasteiger partial charge is 0.397 e. The molecular weight excluding hydrogens is 178 g/mol. The molecule has 0 bridgehead atoms. The van der Waals surface area contributed by atoms with Crippen molar-refractivity contribution in [3.8, 4) is 0 Å². The summed E-state index contributed by atoms with van der Waals surface area (Å²) in [5.41, 5.74) is 0.584. The summed E-state index contributed by atoms with van der Waals surface area (Å²) in [6, 6.07) is 0. The zero-order chi connectivity index (χ0) is 10.3. The lowest BCUT2D eigenvalue weighted by Gasteiger charge is -2.45. The zero-order valence-electron chi connectivity index (χ0n) is 9.25. The average molecular weight is 197 g/mol. The molecule has 1 aliphatic carbocycles. The molecular formula is C11H19NO2. The van der Waals surface area contributed by atoms with Crippen molar-refractivity contribution in [2.75, 3.05) is 0 Å². The summed E-state index contributed by atoms with van der Waals surface area (Å²) in [6.45, 7) is 5.98. The number of fused-ring (bicyclic) bond motifs is 1. The summed E-state index contributed by atoms with van der Waals surface area (Å²) >= 11 is 0. The van der Waals surface area contributed by atoms with Gasteiger partial charge in [-0.15, -0.1) is 0 Å². The van der Waals surface area contributed by atoms with Crippen LogP contribution in [0.5, 0.6) is 0 Å². The summed E-state index contributed by atoms with van der Waals surface area (Å²) in [6.07, 6.45) is 4.88. The van der Waals surface area contributed by atoms with Gasteiger partial charge in [0.05, 0.1) is 5.60 Å². The number of hydrogen-bond donors (Lipinski definition) is 0. The second-order valence-electron chi connectivity index (χ2n) is 5.09. The SMILES string of the molecule is CC1=[N+]([O-])OC(C)(C)[C@H]2CCCC[C@H]12. The first-order valence-corrected chi connectivity index (χ1v) is 5.52. The minimum absolute atomic E-state index is 0.285. The van der Waals surface area contributed by atoms with Crippen LogP contribution in [0.2, 0.25) is 0 Å². The van der Waals surface area contributed by atoms with Crippen LogP contribution in [0.15, 0.2) is 0 Å². The van der Waals surface area contributed by atoms with Crippen LogP contribution < -0.4 is 0 Å². The molecule has 14 heavy (non-hydrogen) atoms. The van der Waals surface area contributed by atoms with E-state index in [0.717, 1.165) is 17.0 Å². The number of rotatable bonds is 0. The van der Waals surface area contributed by atoms with Crippen molar-refractivity contribution in [2.45, 2.75) is 52.1 Å². The van der Waals surface area contributed by atoms with Gasteiger partial charge in [0, 0.05) is 17.7 Å². The predicted octanol–water partition coefficient (Wildman–Crippen LogP) is 2.49. The maximum atomic E-state index is 11.5. The summed E-state index contributed by atoms with van der Waals surface area (Å²) in [4.78, 5) is 6.14. The molecule has 3 heteroatoms. The first kappa shape index (κ1) is 9.81. The van der Waals surface area contributed by atoms with Gasteiger partial charge in [-0.25, -0.2) is 0 Å². The van der Waals surface area contributed by atoms with E-state index in [1.807, 2.05) is 20.8 Å². The van der Waals surface area contributed by atoms with E-state index >= 15 is 0 Å². The molecule has 0 aromatic carbocycles. The Balaban J connectivity index is 2.32. The highest BCUT2D eigenvalue weighted by molar-refractivity contribution is 5.80. The van der Waals surface area contributed by atoms with Crippen molar-refractivity contribution in [1.29, 1.82) is 0 Å². The lowest BCUT2D eigenvalue weighted by molar-refractivity contribution is -0.775. The van der Waals surface area contributed by atoms with Crippen LogP contribution in [0.3, 0.4) is 0 Å². The summed E-state index contributed by atoms with van der Waals surface area (Å²) in [5, 5.41) is 11.5. The highest BCUT2D eigenvalue weighted by atomic mass is 16.9. The fourth-order valence-corrected chi connectivity index (χ4v) is 2.95. The van der Waals surface area contributed by atoms with Gasteiger partial charge in [-0.05, 0) is 32.6 Å². The van der Waals surface area contributed by atoms with Crippen molar-refractivity contribution in [3.63, 3.8) is 0 Å². The summed E-state index contributed by atoms with van der Waals surface area (Å²) < 4.78 is 0. The van der Waals surface area contributed by atoms with Gasteiger partial charge in [-0.1, -0.05) is 12.8 Å². The molecule has 3 nitrogen and oxygen atoms in total. The summed E-state index contributed by atoms with van der Waals surface area (Å²) in [7, 11) is 0. The second kappa shape index (κ2) is 3.14. The third kappa shape index (κ3) is 1.39. The Bertz CT molecular complexity index is 270. The monoisotopic (exact) mass is 197 g/mol. The Kier molecular flexibility index (Phi) is 2.20.